The fourth-order valence-corrected chi connectivity index (χ4v) is 3.20. The number of amides is 1. The van der Waals surface area contributed by atoms with Gasteiger partial charge in [0.25, 0.3) is 5.91 Å². The molecule has 0 saturated carbocycles. The van der Waals surface area contributed by atoms with Crippen molar-refractivity contribution in [1.29, 1.82) is 0 Å². The quantitative estimate of drug-likeness (QED) is 0.900. The third-order valence-electron chi connectivity index (χ3n) is 3.57. The van der Waals surface area contributed by atoms with Crippen LogP contribution in [0.4, 0.5) is 13.2 Å². The maximum Gasteiger partial charge on any atom is 0.431 e. The van der Waals surface area contributed by atoms with E-state index in [1.807, 2.05) is 0 Å². The molecule has 0 aliphatic carbocycles. The minimum atomic E-state index is -4.74. The van der Waals surface area contributed by atoms with Gasteiger partial charge in [-0.3, -0.25) is 4.79 Å². The zero-order chi connectivity index (χ0) is 18.1. The zero-order valence-corrected chi connectivity index (χ0v) is 13.5. The highest BCUT2D eigenvalue weighted by atomic mass is 32.1. The molecular formula is C16H13F3N2O3S. The summed E-state index contributed by atoms with van der Waals surface area (Å²) >= 11 is 1.04. The molecule has 0 saturated heterocycles. The van der Waals surface area contributed by atoms with Gasteiger partial charge in [-0.25, -0.2) is 0 Å². The van der Waals surface area contributed by atoms with Crippen molar-refractivity contribution in [3.05, 3.63) is 52.7 Å². The summed E-state index contributed by atoms with van der Waals surface area (Å²) in [6.45, 7) is -0.549. The first kappa shape index (κ1) is 17.4. The van der Waals surface area contributed by atoms with Crippen molar-refractivity contribution in [1.82, 2.24) is 5.01 Å². The number of nitrogens with zero attached hydrogens (tertiary/aromatic N) is 2. The maximum absolute atomic E-state index is 13.0. The lowest BCUT2D eigenvalue weighted by Gasteiger charge is -2.30. The van der Waals surface area contributed by atoms with Gasteiger partial charge in [0.15, 0.2) is 6.61 Å². The molecule has 0 radical (unpaired) electrons. The number of aliphatic hydroxyl groups is 1. The van der Waals surface area contributed by atoms with E-state index in [1.165, 1.54) is 6.07 Å². The summed E-state index contributed by atoms with van der Waals surface area (Å²) in [6, 6.07) is 11.4. The van der Waals surface area contributed by atoms with Gasteiger partial charge in [0.1, 0.15) is 11.5 Å². The largest absolute Gasteiger partial charge is 0.484 e. The molecule has 2 aromatic rings. The van der Waals surface area contributed by atoms with E-state index >= 15 is 0 Å². The third-order valence-corrected chi connectivity index (χ3v) is 4.58. The predicted octanol–water partition coefficient (Wildman–Crippen LogP) is 3.12. The minimum absolute atomic E-state index is 0.198. The van der Waals surface area contributed by atoms with Crippen LogP contribution in [0.25, 0.3) is 0 Å². The van der Waals surface area contributed by atoms with E-state index in [1.54, 1.807) is 41.8 Å². The molecule has 25 heavy (non-hydrogen) atoms. The van der Waals surface area contributed by atoms with Crippen LogP contribution in [0.5, 0.6) is 5.75 Å². The molecule has 1 aliphatic heterocycles. The molecule has 132 valence electrons. The molecule has 9 heteroatoms. The number of ether oxygens (including phenoxy) is 1. The maximum atomic E-state index is 13.0. The number of halogens is 3. The van der Waals surface area contributed by atoms with E-state index in [9.17, 15) is 23.1 Å². The lowest BCUT2D eigenvalue weighted by molar-refractivity contribution is -0.159. The number of hydrogen-bond acceptors (Lipinski definition) is 5. The summed E-state index contributed by atoms with van der Waals surface area (Å²) < 4.78 is 44.3. The second-order valence-electron chi connectivity index (χ2n) is 5.32. The average molecular weight is 370 g/mol. The fraction of sp³-hybridized carbons (Fsp3) is 0.250. The Balaban J connectivity index is 1.84. The summed E-state index contributed by atoms with van der Waals surface area (Å²) in [4.78, 5) is 12.6. The van der Waals surface area contributed by atoms with Crippen molar-refractivity contribution >= 4 is 23.0 Å². The number of para-hydroxylation sites is 1. The number of thiophene rings is 1. The first-order valence-corrected chi connectivity index (χ1v) is 8.10. The van der Waals surface area contributed by atoms with Crippen LogP contribution in [0.1, 0.15) is 11.3 Å². The standard InChI is InChI=1S/C16H13F3N2O3S/c17-16(18,19)12-9-15(23,13-7-4-8-25-13)21(20-12)14(22)10-24-11-5-2-1-3-6-11/h1-8,23H,9-10H2/t15-/m1/s1. The highest BCUT2D eigenvalue weighted by molar-refractivity contribution is 7.10. The Morgan fingerprint density at radius 1 is 1.28 bits per heavy atom. The summed E-state index contributed by atoms with van der Waals surface area (Å²) in [6.07, 6.45) is -5.56. The van der Waals surface area contributed by atoms with Crippen molar-refractivity contribution in [2.75, 3.05) is 6.61 Å². The SMILES string of the molecule is O=C(COc1ccccc1)N1N=C(C(F)(F)F)C[C@@]1(O)c1cccs1. The predicted molar refractivity (Wildman–Crippen MR) is 85.1 cm³/mol. The molecule has 1 amide bonds. The molecule has 1 N–H and O–H groups in total. The Morgan fingerprint density at radius 3 is 2.60 bits per heavy atom. The second kappa shape index (κ2) is 6.49. The van der Waals surface area contributed by atoms with Gasteiger partial charge in [-0.05, 0) is 23.6 Å². The average Bonchev–Trinajstić information content (AvgIpc) is 3.21. The summed E-state index contributed by atoms with van der Waals surface area (Å²) in [7, 11) is 0. The lowest BCUT2D eigenvalue weighted by atomic mass is 10.0. The molecule has 0 bridgehead atoms. The van der Waals surface area contributed by atoms with E-state index in [2.05, 4.69) is 5.10 Å². The number of benzene rings is 1. The number of carbonyl (C=O) groups excluding carboxylic acids is 1. The molecule has 0 fully saturated rings. The summed E-state index contributed by atoms with van der Waals surface area (Å²) in [5, 5.41) is 16.2. The Labute approximate surface area is 145 Å². The van der Waals surface area contributed by atoms with Gasteiger partial charge in [0, 0.05) is 0 Å². The highest BCUT2D eigenvalue weighted by Gasteiger charge is 2.53. The van der Waals surface area contributed by atoms with E-state index in [-0.39, 0.29) is 4.88 Å². The van der Waals surface area contributed by atoms with Crippen LogP contribution in [0.15, 0.2) is 52.9 Å². The van der Waals surface area contributed by atoms with Crippen molar-refractivity contribution in [2.24, 2.45) is 5.10 Å². The second-order valence-corrected chi connectivity index (χ2v) is 6.27. The summed E-state index contributed by atoms with van der Waals surface area (Å²) in [5.74, 6) is -0.492. The molecule has 3 rings (SSSR count). The van der Waals surface area contributed by atoms with Crippen molar-refractivity contribution in [3.8, 4) is 5.75 Å². The number of rotatable bonds is 4. The van der Waals surface area contributed by atoms with Crippen LogP contribution in [-0.4, -0.2) is 34.5 Å². The Kier molecular flexibility index (Phi) is 4.53. The molecule has 2 heterocycles. The molecule has 1 atom stereocenters. The topological polar surface area (TPSA) is 62.1 Å². The van der Waals surface area contributed by atoms with Crippen LogP contribution < -0.4 is 4.74 Å². The molecule has 1 aromatic heterocycles. The zero-order valence-electron chi connectivity index (χ0n) is 12.7. The van der Waals surface area contributed by atoms with E-state index < -0.39 is 36.5 Å². The van der Waals surface area contributed by atoms with Crippen molar-refractivity contribution in [3.63, 3.8) is 0 Å². The first-order chi connectivity index (χ1) is 11.8. The molecule has 1 aliphatic rings. The van der Waals surface area contributed by atoms with Crippen LogP contribution in [0.2, 0.25) is 0 Å². The number of hydrazone groups is 1. The van der Waals surface area contributed by atoms with E-state index in [4.69, 9.17) is 4.74 Å². The van der Waals surface area contributed by atoms with Crippen LogP contribution in [0, 0.1) is 0 Å². The molecule has 0 spiro atoms. The molecule has 5 nitrogen and oxygen atoms in total. The Bertz CT molecular complexity index is 778. The summed E-state index contributed by atoms with van der Waals surface area (Å²) in [5.41, 5.74) is -3.38. The van der Waals surface area contributed by atoms with Gasteiger partial charge < -0.3 is 9.84 Å². The Morgan fingerprint density at radius 2 is 2.00 bits per heavy atom. The van der Waals surface area contributed by atoms with Crippen LogP contribution >= 0.6 is 11.3 Å². The Hall–Kier alpha value is -2.39. The number of carbonyl (C=O) groups is 1. The minimum Gasteiger partial charge on any atom is -0.484 e. The monoisotopic (exact) mass is 370 g/mol. The molecule has 0 unspecified atom stereocenters. The normalized spacial score (nSPS) is 20.5. The molecular weight excluding hydrogens is 357 g/mol. The van der Waals surface area contributed by atoms with Gasteiger partial charge in [0.2, 0.25) is 5.72 Å². The van der Waals surface area contributed by atoms with Gasteiger partial charge >= 0.3 is 6.18 Å². The highest BCUT2D eigenvalue weighted by Crippen LogP contribution is 2.41. The van der Waals surface area contributed by atoms with Crippen LogP contribution in [0.3, 0.4) is 0 Å². The van der Waals surface area contributed by atoms with Gasteiger partial charge in [-0.2, -0.15) is 23.3 Å². The third kappa shape index (κ3) is 3.52. The van der Waals surface area contributed by atoms with Gasteiger partial charge in [-0.1, -0.05) is 24.3 Å². The number of alkyl halides is 3. The number of hydrogen-bond donors (Lipinski definition) is 1. The van der Waals surface area contributed by atoms with Gasteiger partial charge in [-0.15, -0.1) is 11.3 Å². The van der Waals surface area contributed by atoms with Crippen molar-refractivity contribution < 1.29 is 27.8 Å². The van der Waals surface area contributed by atoms with Crippen molar-refractivity contribution in [2.45, 2.75) is 18.3 Å². The van der Waals surface area contributed by atoms with Gasteiger partial charge in [0.05, 0.1) is 11.3 Å². The first-order valence-electron chi connectivity index (χ1n) is 7.22. The van der Waals surface area contributed by atoms with E-state index in [0.29, 0.717) is 10.8 Å². The smallest absolute Gasteiger partial charge is 0.431 e. The fourth-order valence-electron chi connectivity index (χ4n) is 2.39. The molecule has 1 aromatic carbocycles. The lowest BCUT2D eigenvalue weighted by Crippen LogP contribution is -2.45. The van der Waals surface area contributed by atoms with Crippen LogP contribution in [-0.2, 0) is 10.5 Å². The van der Waals surface area contributed by atoms with E-state index in [0.717, 1.165) is 11.3 Å².